The maximum atomic E-state index is 11.2. The molecule has 0 spiro atoms. The zero-order valence-electron chi connectivity index (χ0n) is 22.8. The predicted octanol–water partition coefficient (Wildman–Crippen LogP) is 8.46. The van der Waals surface area contributed by atoms with Crippen LogP contribution < -0.4 is 11.5 Å². The summed E-state index contributed by atoms with van der Waals surface area (Å²) in [6.45, 7) is 4.15. The van der Waals surface area contributed by atoms with E-state index in [-0.39, 0.29) is 7.43 Å². The summed E-state index contributed by atoms with van der Waals surface area (Å²) < 4.78 is 9.17. The molecule has 0 bridgehead atoms. The highest BCUT2D eigenvalue weighted by molar-refractivity contribution is 6.33. The number of halogens is 2. The molecule has 0 amide bonds. The van der Waals surface area contributed by atoms with Crippen molar-refractivity contribution < 1.29 is 9.05 Å². The highest BCUT2D eigenvalue weighted by Gasteiger charge is 2.14. The third-order valence-corrected chi connectivity index (χ3v) is 7.39. The van der Waals surface area contributed by atoms with Gasteiger partial charge in [-0.3, -0.25) is 19.0 Å². The molecule has 2 heterocycles. The average molecular weight is 618 g/mol. The van der Waals surface area contributed by atoms with Crippen LogP contribution in [0.15, 0.2) is 104 Å². The van der Waals surface area contributed by atoms with E-state index in [0.29, 0.717) is 16.7 Å². The fourth-order valence-corrected chi connectivity index (χ4v) is 5.18. The van der Waals surface area contributed by atoms with E-state index in [2.05, 4.69) is 43.2 Å². The van der Waals surface area contributed by atoms with Gasteiger partial charge in [-0.05, 0) is 52.8 Å². The van der Waals surface area contributed by atoms with Gasteiger partial charge in [0.05, 0.1) is 0 Å². The van der Waals surface area contributed by atoms with Crippen molar-refractivity contribution in [3.8, 4) is 45.0 Å². The minimum Gasteiger partial charge on any atom is -0.296 e. The largest absolute Gasteiger partial charge is 0.439 e. The van der Waals surface area contributed by atoms with E-state index in [0.717, 1.165) is 56.8 Å². The molecule has 0 aliphatic rings. The van der Waals surface area contributed by atoms with Crippen LogP contribution >= 0.6 is 23.2 Å². The Bertz CT molecular complexity index is 1950. The Morgan fingerprint density at radius 3 is 1.67 bits per heavy atom. The van der Waals surface area contributed by atoms with Crippen molar-refractivity contribution in [3.63, 3.8) is 0 Å². The van der Waals surface area contributed by atoms with Gasteiger partial charge in [0.1, 0.15) is 0 Å². The van der Waals surface area contributed by atoms with Gasteiger partial charge in [-0.15, -0.1) is 0 Å². The maximum absolute atomic E-state index is 11.2. The number of nitrogens with one attached hydrogen (secondary N) is 2. The second-order valence-corrected chi connectivity index (χ2v) is 10.1. The standard InChI is InChI=1S/2C16H13ClN2O2.CH4/c1-2-10-7-8-11(9-14(10)17)12-5-3-4-6-13(12)15-18-16(20)21-19-15;1-2-10-7-8-12(14(17)9-10)11-5-3-4-6-13(11)15-18-16(20)21-19-15;/h2*3-9H,2H2,1H3,(H,18,19,20);1H4. The first-order chi connectivity index (χ1) is 20.4. The molecule has 43 heavy (non-hydrogen) atoms. The molecule has 0 aliphatic carbocycles. The lowest BCUT2D eigenvalue weighted by molar-refractivity contribution is 0.388. The maximum Gasteiger partial charge on any atom is 0.439 e. The van der Waals surface area contributed by atoms with Crippen LogP contribution in [0, 0.1) is 0 Å². The molecule has 2 N–H and O–H groups in total. The molecule has 0 saturated carbocycles. The zero-order valence-corrected chi connectivity index (χ0v) is 24.3. The van der Waals surface area contributed by atoms with Crippen molar-refractivity contribution in [3.05, 3.63) is 127 Å². The number of hydrogen-bond acceptors (Lipinski definition) is 6. The van der Waals surface area contributed by atoms with Gasteiger partial charge in [0.25, 0.3) is 0 Å². The summed E-state index contributed by atoms with van der Waals surface area (Å²) in [5.74, 6) is -0.344. The molecular weight excluding hydrogens is 587 g/mol. The topological polar surface area (TPSA) is 118 Å². The molecule has 10 heteroatoms. The third kappa shape index (κ3) is 7.05. The number of rotatable bonds is 6. The number of aryl methyl sites for hydroxylation is 2. The van der Waals surface area contributed by atoms with Crippen molar-refractivity contribution in [2.24, 2.45) is 0 Å². The summed E-state index contributed by atoms with van der Waals surface area (Å²) in [6.07, 6.45) is 1.82. The number of nitrogens with zero attached hydrogens (tertiary/aromatic N) is 2. The molecule has 0 aliphatic heterocycles. The molecule has 0 fully saturated rings. The van der Waals surface area contributed by atoms with E-state index in [4.69, 9.17) is 23.2 Å². The normalized spacial score (nSPS) is 10.5. The molecule has 220 valence electrons. The molecule has 0 atom stereocenters. The van der Waals surface area contributed by atoms with Crippen LogP contribution in [0.5, 0.6) is 0 Å². The Hall–Kier alpha value is -4.66. The van der Waals surface area contributed by atoms with E-state index < -0.39 is 11.5 Å². The lowest BCUT2D eigenvalue weighted by Crippen LogP contribution is -1.95. The third-order valence-electron chi connectivity index (χ3n) is 6.72. The van der Waals surface area contributed by atoms with Crippen LogP contribution in [-0.2, 0) is 12.8 Å². The zero-order chi connectivity index (χ0) is 29.6. The monoisotopic (exact) mass is 616 g/mol. The SMILES string of the molecule is C.CCc1ccc(-c2ccccc2-c2noc(=O)[nH]2)c(Cl)c1.CCc1ccc(-c2ccccc2-c2noc(=O)[nH]2)cc1Cl. The van der Waals surface area contributed by atoms with Crippen LogP contribution in [0.3, 0.4) is 0 Å². The van der Waals surface area contributed by atoms with Gasteiger partial charge in [-0.1, -0.05) is 128 Å². The summed E-state index contributed by atoms with van der Waals surface area (Å²) in [6, 6.07) is 27.2. The minimum absolute atomic E-state index is 0. The van der Waals surface area contributed by atoms with Gasteiger partial charge < -0.3 is 0 Å². The van der Waals surface area contributed by atoms with E-state index in [1.54, 1.807) is 0 Å². The Labute approximate surface area is 258 Å². The molecule has 0 saturated heterocycles. The number of H-pyrrole nitrogens is 2. The molecule has 0 radical (unpaired) electrons. The number of aromatic amines is 2. The Kier molecular flexibility index (Phi) is 10.2. The molecule has 2 aromatic heterocycles. The Morgan fingerprint density at radius 2 is 1.19 bits per heavy atom. The predicted molar refractivity (Wildman–Crippen MR) is 171 cm³/mol. The Morgan fingerprint density at radius 1 is 0.628 bits per heavy atom. The number of hydrogen-bond donors (Lipinski definition) is 2. The second-order valence-electron chi connectivity index (χ2n) is 9.31. The Balaban J connectivity index is 0.000000192. The first-order valence-corrected chi connectivity index (χ1v) is 14.0. The quantitative estimate of drug-likeness (QED) is 0.194. The summed E-state index contributed by atoms with van der Waals surface area (Å²) in [4.78, 5) is 27.4. The van der Waals surface area contributed by atoms with E-state index in [9.17, 15) is 9.59 Å². The van der Waals surface area contributed by atoms with Crippen LogP contribution in [0.1, 0.15) is 32.4 Å². The van der Waals surface area contributed by atoms with Gasteiger partial charge in [-0.2, -0.15) is 0 Å². The van der Waals surface area contributed by atoms with E-state index in [1.807, 2.05) is 84.9 Å². The number of aromatic nitrogens is 4. The fraction of sp³-hybridized carbons (Fsp3) is 0.152. The minimum atomic E-state index is -0.577. The molecule has 6 rings (SSSR count). The van der Waals surface area contributed by atoms with Crippen molar-refractivity contribution in [2.45, 2.75) is 34.1 Å². The fourth-order valence-electron chi connectivity index (χ4n) is 4.56. The van der Waals surface area contributed by atoms with Gasteiger partial charge >= 0.3 is 11.5 Å². The summed E-state index contributed by atoms with van der Waals surface area (Å²) in [7, 11) is 0. The highest BCUT2D eigenvalue weighted by Crippen LogP contribution is 2.35. The first-order valence-electron chi connectivity index (χ1n) is 13.3. The lowest BCUT2D eigenvalue weighted by Gasteiger charge is -2.10. The summed E-state index contributed by atoms with van der Waals surface area (Å²) in [5, 5.41) is 8.91. The van der Waals surface area contributed by atoms with Gasteiger partial charge in [0.2, 0.25) is 0 Å². The van der Waals surface area contributed by atoms with Gasteiger partial charge in [0, 0.05) is 26.7 Å². The van der Waals surface area contributed by atoms with Crippen molar-refractivity contribution >= 4 is 23.2 Å². The molecular formula is C33H30Cl2N4O4. The molecule has 8 nitrogen and oxygen atoms in total. The van der Waals surface area contributed by atoms with Gasteiger partial charge in [-0.25, -0.2) is 9.59 Å². The van der Waals surface area contributed by atoms with Gasteiger partial charge in [0.15, 0.2) is 11.6 Å². The van der Waals surface area contributed by atoms with E-state index in [1.165, 1.54) is 5.56 Å². The lowest BCUT2D eigenvalue weighted by atomic mass is 9.98. The van der Waals surface area contributed by atoms with Crippen LogP contribution in [0.2, 0.25) is 10.0 Å². The first kappa shape index (κ1) is 31.3. The van der Waals surface area contributed by atoms with Crippen molar-refractivity contribution in [2.75, 3.05) is 0 Å². The van der Waals surface area contributed by atoms with Crippen LogP contribution in [0.4, 0.5) is 0 Å². The van der Waals surface area contributed by atoms with Crippen molar-refractivity contribution in [1.29, 1.82) is 0 Å². The van der Waals surface area contributed by atoms with E-state index >= 15 is 0 Å². The van der Waals surface area contributed by atoms with Crippen LogP contribution in [0.25, 0.3) is 45.0 Å². The van der Waals surface area contributed by atoms with Crippen molar-refractivity contribution in [1.82, 2.24) is 20.3 Å². The molecule has 4 aromatic carbocycles. The smallest absolute Gasteiger partial charge is 0.296 e. The summed E-state index contributed by atoms with van der Waals surface area (Å²) >= 11 is 12.7. The average Bonchev–Trinajstić information content (AvgIpc) is 3.65. The molecule has 6 aromatic rings. The highest BCUT2D eigenvalue weighted by atomic mass is 35.5. The second kappa shape index (κ2) is 14.0. The summed E-state index contributed by atoms with van der Waals surface area (Å²) in [5.41, 5.74) is 7.55. The number of benzene rings is 4. The van der Waals surface area contributed by atoms with Crippen LogP contribution in [-0.4, -0.2) is 20.3 Å². The molecule has 0 unspecified atom stereocenters.